The predicted molar refractivity (Wildman–Crippen MR) is 99.6 cm³/mol. The van der Waals surface area contributed by atoms with Crippen LogP contribution in [0.2, 0.25) is 0 Å². The molecule has 2 atom stereocenters. The van der Waals surface area contributed by atoms with Crippen molar-refractivity contribution in [3.8, 4) is 0 Å². The second kappa shape index (κ2) is 6.98. The molecular weight excluding hydrogens is 328 g/mol. The van der Waals surface area contributed by atoms with Gasteiger partial charge in [0, 0.05) is 18.6 Å². The number of nitrogens with zero attached hydrogens (tertiary/aromatic N) is 2. The molecule has 0 unspecified atom stereocenters. The zero-order valence-electron chi connectivity index (χ0n) is 14.1. The van der Waals surface area contributed by atoms with E-state index < -0.39 is 0 Å². The van der Waals surface area contributed by atoms with E-state index in [4.69, 9.17) is 4.84 Å². The van der Waals surface area contributed by atoms with Gasteiger partial charge in [-0.1, -0.05) is 60.7 Å². The first-order valence-corrected chi connectivity index (χ1v) is 8.53. The number of hydrogen-bond acceptors (Lipinski definition) is 4. The third kappa shape index (κ3) is 3.17. The fraction of sp³-hybridized carbons (Fsp3) is 0.143. The summed E-state index contributed by atoms with van der Waals surface area (Å²) >= 11 is 0. The topological polar surface area (TPSA) is 55.6 Å². The zero-order valence-corrected chi connectivity index (χ0v) is 14.1. The summed E-state index contributed by atoms with van der Waals surface area (Å²) in [5, 5.41) is 12.8. The van der Waals surface area contributed by atoms with Crippen LogP contribution in [0.1, 0.15) is 29.7 Å². The Bertz CT molecular complexity index is 882. The lowest BCUT2D eigenvalue weighted by atomic mass is 9.97. The largest absolute Gasteiger partial charge is 0.269 e. The number of hydrogen-bond donors (Lipinski definition) is 0. The van der Waals surface area contributed by atoms with E-state index in [1.807, 2.05) is 65.7 Å². The van der Waals surface area contributed by atoms with E-state index in [1.165, 1.54) is 0 Å². The molecule has 1 heterocycles. The van der Waals surface area contributed by atoms with Gasteiger partial charge in [-0.2, -0.15) is 0 Å². The van der Waals surface area contributed by atoms with Crippen molar-refractivity contribution in [2.24, 2.45) is 0 Å². The van der Waals surface area contributed by atoms with Crippen molar-refractivity contribution in [3.05, 3.63) is 106 Å². The van der Waals surface area contributed by atoms with Crippen LogP contribution in [-0.4, -0.2) is 4.92 Å². The van der Waals surface area contributed by atoms with Crippen molar-refractivity contribution in [1.82, 2.24) is 0 Å². The van der Waals surface area contributed by atoms with E-state index in [0.717, 1.165) is 23.2 Å². The Morgan fingerprint density at radius 1 is 0.846 bits per heavy atom. The molecule has 26 heavy (non-hydrogen) atoms. The molecule has 0 aromatic heterocycles. The highest BCUT2D eigenvalue weighted by atomic mass is 16.7. The average Bonchev–Trinajstić information content (AvgIpc) is 3.15. The maximum atomic E-state index is 10.9. The molecule has 5 nitrogen and oxygen atoms in total. The number of nitro benzene ring substituents is 1. The fourth-order valence-corrected chi connectivity index (χ4v) is 3.32. The summed E-state index contributed by atoms with van der Waals surface area (Å²) < 4.78 is 0. The van der Waals surface area contributed by atoms with Crippen molar-refractivity contribution < 1.29 is 9.76 Å². The van der Waals surface area contributed by atoms with Crippen LogP contribution in [-0.2, 0) is 4.84 Å². The molecule has 1 fully saturated rings. The van der Waals surface area contributed by atoms with Crippen molar-refractivity contribution >= 4 is 11.4 Å². The van der Waals surface area contributed by atoms with Gasteiger partial charge < -0.3 is 0 Å². The lowest BCUT2D eigenvalue weighted by Gasteiger charge is -2.25. The van der Waals surface area contributed by atoms with Crippen molar-refractivity contribution in [3.63, 3.8) is 0 Å². The standard InChI is InChI=1S/C21H18N2O3/c24-23(25)19-13-11-16(12-14-19)20-15-21(17-7-3-1-4-8-17)26-22(20)18-9-5-2-6-10-18/h1-14,20-21H,15H2/t20-,21+/m1/s1. The number of para-hydroxylation sites is 1. The van der Waals surface area contributed by atoms with Gasteiger partial charge in [0.05, 0.1) is 16.7 Å². The lowest BCUT2D eigenvalue weighted by Crippen LogP contribution is -2.21. The molecule has 0 spiro atoms. The molecular formula is C21H18N2O3. The Labute approximate surface area is 151 Å². The quantitative estimate of drug-likeness (QED) is 0.480. The highest BCUT2D eigenvalue weighted by Gasteiger charge is 2.35. The highest BCUT2D eigenvalue weighted by Crippen LogP contribution is 2.44. The van der Waals surface area contributed by atoms with E-state index in [9.17, 15) is 10.1 Å². The summed E-state index contributed by atoms with van der Waals surface area (Å²) in [4.78, 5) is 16.8. The molecule has 0 bridgehead atoms. The number of hydroxylamine groups is 1. The van der Waals surface area contributed by atoms with Crippen LogP contribution in [0.4, 0.5) is 11.4 Å². The molecule has 4 rings (SSSR count). The molecule has 5 heteroatoms. The van der Waals surface area contributed by atoms with Crippen LogP contribution < -0.4 is 5.06 Å². The molecule has 130 valence electrons. The van der Waals surface area contributed by atoms with Crippen molar-refractivity contribution in [2.45, 2.75) is 18.6 Å². The maximum absolute atomic E-state index is 10.9. The van der Waals surface area contributed by atoms with E-state index in [-0.39, 0.29) is 22.8 Å². The van der Waals surface area contributed by atoms with E-state index in [1.54, 1.807) is 12.1 Å². The minimum Gasteiger partial charge on any atom is -0.265 e. The fourth-order valence-electron chi connectivity index (χ4n) is 3.32. The van der Waals surface area contributed by atoms with Gasteiger partial charge in [0.1, 0.15) is 6.10 Å². The summed E-state index contributed by atoms with van der Waals surface area (Å²) in [6.45, 7) is 0. The monoisotopic (exact) mass is 346 g/mol. The SMILES string of the molecule is O=[N+]([O-])c1ccc([C@H]2C[C@@H](c3ccccc3)ON2c2ccccc2)cc1. The number of non-ortho nitro benzene ring substituents is 1. The number of benzene rings is 3. The Hall–Kier alpha value is -3.18. The van der Waals surface area contributed by atoms with Gasteiger partial charge >= 0.3 is 0 Å². The van der Waals surface area contributed by atoms with Gasteiger partial charge in [-0.15, -0.1) is 0 Å². The average molecular weight is 346 g/mol. The lowest BCUT2D eigenvalue weighted by molar-refractivity contribution is -0.384. The van der Waals surface area contributed by atoms with Crippen LogP contribution in [0.15, 0.2) is 84.9 Å². The predicted octanol–water partition coefficient (Wildman–Crippen LogP) is 5.22. The molecule has 3 aromatic rings. The number of rotatable bonds is 4. The summed E-state index contributed by atoms with van der Waals surface area (Å²) in [5.41, 5.74) is 3.18. The van der Waals surface area contributed by atoms with Gasteiger partial charge in [0.15, 0.2) is 0 Å². The Morgan fingerprint density at radius 3 is 2.08 bits per heavy atom. The van der Waals surface area contributed by atoms with E-state index >= 15 is 0 Å². The van der Waals surface area contributed by atoms with Crippen molar-refractivity contribution in [2.75, 3.05) is 5.06 Å². The second-order valence-corrected chi connectivity index (χ2v) is 6.27. The van der Waals surface area contributed by atoms with Crippen LogP contribution in [0.5, 0.6) is 0 Å². The first kappa shape index (κ1) is 16.3. The Morgan fingerprint density at radius 2 is 1.46 bits per heavy atom. The Kier molecular flexibility index (Phi) is 4.37. The third-order valence-corrected chi connectivity index (χ3v) is 4.63. The van der Waals surface area contributed by atoms with Gasteiger partial charge in [-0.3, -0.25) is 15.0 Å². The minimum absolute atomic E-state index is 0.0107. The Balaban J connectivity index is 1.68. The third-order valence-electron chi connectivity index (χ3n) is 4.63. The van der Waals surface area contributed by atoms with Crippen LogP contribution >= 0.6 is 0 Å². The number of nitro groups is 1. The molecule has 0 amide bonds. The molecule has 0 radical (unpaired) electrons. The first-order chi connectivity index (χ1) is 12.7. The second-order valence-electron chi connectivity index (χ2n) is 6.27. The number of anilines is 1. The van der Waals surface area contributed by atoms with Gasteiger partial charge in [0.2, 0.25) is 0 Å². The highest BCUT2D eigenvalue weighted by molar-refractivity contribution is 5.48. The van der Waals surface area contributed by atoms with Crippen LogP contribution in [0.3, 0.4) is 0 Å². The summed E-state index contributed by atoms with van der Waals surface area (Å²) in [6.07, 6.45) is 0.716. The first-order valence-electron chi connectivity index (χ1n) is 8.53. The molecule has 3 aromatic carbocycles. The summed E-state index contributed by atoms with van der Waals surface area (Å²) in [5.74, 6) is 0. The maximum Gasteiger partial charge on any atom is 0.269 e. The molecule has 0 N–H and O–H groups in total. The molecule has 1 saturated heterocycles. The molecule has 1 aliphatic heterocycles. The van der Waals surface area contributed by atoms with E-state index in [0.29, 0.717) is 0 Å². The molecule has 0 saturated carbocycles. The van der Waals surface area contributed by atoms with Crippen LogP contribution in [0.25, 0.3) is 0 Å². The van der Waals surface area contributed by atoms with Crippen molar-refractivity contribution in [1.29, 1.82) is 0 Å². The van der Waals surface area contributed by atoms with Crippen LogP contribution in [0, 0.1) is 10.1 Å². The van der Waals surface area contributed by atoms with E-state index in [2.05, 4.69) is 12.1 Å². The van der Waals surface area contributed by atoms with Gasteiger partial charge in [-0.05, 0) is 23.3 Å². The van der Waals surface area contributed by atoms with Gasteiger partial charge in [0.25, 0.3) is 5.69 Å². The minimum atomic E-state index is -0.378. The summed E-state index contributed by atoms with van der Waals surface area (Å²) in [7, 11) is 0. The molecule has 0 aliphatic carbocycles. The van der Waals surface area contributed by atoms with Gasteiger partial charge in [-0.25, -0.2) is 5.06 Å². The normalized spacial score (nSPS) is 19.5. The summed E-state index contributed by atoms with van der Waals surface area (Å²) in [6, 6.07) is 26.8. The molecule has 1 aliphatic rings. The smallest absolute Gasteiger partial charge is 0.265 e. The zero-order chi connectivity index (χ0) is 17.9.